The van der Waals surface area contributed by atoms with Gasteiger partial charge in [-0.25, -0.2) is 4.98 Å². The van der Waals surface area contributed by atoms with Crippen LogP contribution < -0.4 is 11.5 Å². The van der Waals surface area contributed by atoms with Crippen molar-refractivity contribution in [3.8, 4) is 0 Å². The summed E-state index contributed by atoms with van der Waals surface area (Å²) >= 11 is 1.90. The van der Waals surface area contributed by atoms with Crippen LogP contribution in [0.2, 0.25) is 0 Å². The number of rotatable bonds is 3. The fourth-order valence-electron chi connectivity index (χ4n) is 1.78. The lowest BCUT2D eigenvalue weighted by molar-refractivity contribution is 0.0572. The number of aromatic nitrogens is 1. The first-order chi connectivity index (χ1) is 7.75. The number of nitrogens with zero attached hydrogens (tertiary/aromatic N) is 1. The van der Waals surface area contributed by atoms with Crippen LogP contribution in [0.1, 0.15) is 5.56 Å². The average Bonchev–Trinajstić information content (AvgIpc) is 2.30. The van der Waals surface area contributed by atoms with Crippen LogP contribution in [0.4, 0.5) is 5.82 Å². The largest absolute Gasteiger partial charge is 0.384 e. The maximum absolute atomic E-state index is 6.13. The van der Waals surface area contributed by atoms with Gasteiger partial charge < -0.3 is 16.2 Å². The van der Waals surface area contributed by atoms with E-state index < -0.39 is 0 Å². The average molecular weight is 239 g/mol. The maximum atomic E-state index is 6.13. The zero-order chi connectivity index (χ0) is 11.4. The summed E-state index contributed by atoms with van der Waals surface area (Å²) in [5, 5.41) is 0. The van der Waals surface area contributed by atoms with Gasteiger partial charge in [-0.1, -0.05) is 0 Å². The number of nitrogen functional groups attached to an aromatic ring is 1. The van der Waals surface area contributed by atoms with Crippen LogP contribution in [0.15, 0.2) is 18.3 Å². The quantitative estimate of drug-likeness (QED) is 0.811. The van der Waals surface area contributed by atoms with Gasteiger partial charge in [-0.05, 0) is 24.1 Å². The predicted molar refractivity (Wildman–Crippen MR) is 67.4 cm³/mol. The Morgan fingerprint density at radius 2 is 2.50 bits per heavy atom. The summed E-state index contributed by atoms with van der Waals surface area (Å²) in [6.45, 7) is 0.807. The Morgan fingerprint density at radius 1 is 1.62 bits per heavy atom. The minimum absolute atomic E-state index is 0.0367. The van der Waals surface area contributed by atoms with Gasteiger partial charge in [0.1, 0.15) is 5.82 Å². The SMILES string of the molecule is Nc1cc(CC(N)C2CSCCO2)ccn1. The highest BCUT2D eigenvalue weighted by molar-refractivity contribution is 7.99. The summed E-state index contributed by atoms with van der Waals surface area (Å²) in [4.78, 5) is 3.96. The lowest BCUT2D eigenvalue weighted by Crippen LogP contribution is -2.42. The van der Waals surface area contributed by atoms with Gasteiger partial charge in [0.05, 0.1) is 12.7 Å². The fraction of sp³-hybridized carbons (Fsp3) is 0.545. The molecule has 88 valence electrons. The van der Waals surface area contributed by atoms with Crippen molar-refractivity contribution in [1.82, 2.24) is 4.98 Å². The molecule has 2 rings (SSSR count). The number of pyridine rings is 1. The van der Waals surface area contributed by atoms with Crippen LogP contribution in [0.3, 0.4) is 0 Å². The number of anilines is 1. The van der Waals surface area contributed by atoms with Gasteiger partial charge in [-0.3, -0.25) is 0 Å². The van der Waals surface area contributed by atoms with E-state index in [1.165, 1.54) is 0 Å². The number of hydrogen-bond donors (Lipinski definition) is 2. The van der Waals surface area contributed by atoms with Gasteiger partial charge in [-0.15, -0.1) is 0 Å². The molecule has 0 radical (unpaired) electrons. The topological polar surface area (TPSA) is 74.2 Å². The van der Waals surface area contributed by atoms with E-state index in [9.17, 15) is 0 Å². The molecule has 0 spiro atoms. The fourth-order valence-corrected chi connectivity index (χ4v) is 2.73. The second-order valence-corrected chi connectivity index (χ2v) is 5.09. The second kappa shape index (κ2) is 5.52. The van der Waals surface area contributed by atoms with Crippen molar-refractivity contribution in [2.75, 3.05) is 23.8 Å². The molecule has 4 N–H and O–H groups in total. The summed E-state index contributed by atoms with van der Waals surface area (Å²) in [5.41, 5.74) is 12.9. The van der Waals surface area contributed by atoms with Crippen molar-refractivity contribution in [2.45, 2.75) is 18.6 Å². The lowest BCUT2D eigenvalue weighted by atomic mass is 10.0. The summed E-state index contributed by atoms with van der Waals surface area (Å²) in [6, 6.07) is 3.86. The van der Waals surface area contributed by atoms with Crippen LogP contribution in [0, 0.1) is 0 Å². The molecule has 1 aromatic heterocycles. The van der Waals surface area contributed by atoms with Gasteiger partial charge in [0, 0.05) is 23.7 Å². The molecule has 0 amide bonds. The molecule has 0 saturated carbocycles. The molecule has 4 nitrogen and oxygen atoms in total. The summed E-state index contributed by atoms with van der Waals surface area (Å²) in [7, 11) is 0. The molecule has 16 heavy (non-hydrogen) atoms. The van der Waals surface area contributed by atoms with E-state index in [1.807, 2.05) is 23.9 Å². The first-order valence-electron chi connectivity index (χ1n) is 5.41. The summed E-state index contributed by atoms with van der Waals surface area (Å²) in [6.07, 6.45) is 2.67. The third kappa shape index (κ3) is 3.10. The van der Waals surface area contributed by atoms with Crippen LogP contribution in [0.5, 0.6) is 0 Å². The van der Waals surface area contributed by atoms with Gasteiger partial charge >= 0.3 is 0 Å². The Hall–Kier alpha value is -0.780. The van der Waals surface area contributed by atoms with E-state index >= 15 is 0 Å². The molecule has 1 aliphatic rings. The predicted octanol–water partition coefficient (Wildman–Crippen LogP) is 0.666. The van der Waals surface area contributed by atoms with Crippen molar-refractivity contribution in [3.63, 3.8) is 0 Å². The van der Waals surface area contributed by atoms with Crippen LogP contribution in [0.25, 0.3) is 0 Å². The Kier molecular flexibility index (Phi) is 4.04. The third-order valence-electron chi connectivity index (χ3n) is 2.64. The number of hydrogen-bond acceptors (Lipinski definition) is 5. The molecule has 0 aliphatic carbocycles. The van der Waals surface area contributed by atoms with Crippen molar-refractivity contribution < 1.29 is 4.74 Å². The van der Waals surface area contributed by atoms with E-state index in [1.54, 1.807) is 6.20 Å². The number of nitrogens with two attached hydrogens (primary N) is 2. The first-order valence-corrected chi connectivity index (χ1v) is 6.56. The smallest absolute Gasteiger partial charge is 0.123 e. The minimum atomic E-state index is 0.0367. The molecule has 5 heteroatoms. The van der Waals surface area contributed by atoms with E-state index in [0.29, 0.717) is 5.82 Å². The van der Waals surface area contributed by atoms with Crippen molar-refractivity contribution >= 4 is 17.6 Å². The Morgan fingerprint density at radius 3 is 3.19 bits per heavy atom. The van der Waals surface area contributed by atoms with Crippen LogP contribution in [-0.4, -0.2) is 35.2 Å². The normalized spacial score (nSPS) is 22.9. The number of ether oxygens (including phenoxy) is 1. The van der Waals surface area contributed by atoms with Crippen molar-refractivity contribution in [3.05, 3.63) is 23.9 Å². The lowest BCUT2D eigenvalue weighted by Gasteiger charge is -2.27. The standard InChI is InChI=1S/C11H17N3OS/c12-9(10-7-16-4-3-15-10)5-8-1-2-14-11(13)6-8/h1-2,6,9-10H,3-5,7,12H2,(H2,13,14). The highest BCUT2D eigenvalue weighted by Gasteiger charge is 2.21. The molecule has 2 heterocycles. The molecular weight excluding hydrogens is 222 g/mol. The Balaban J connectivity index is 1.93. The monoisotopic (exact) mass is 239 g/mol. The van der Waals surface area contributed by atoms with E-state index in [4.69, 9.17) is 16.2 Å². The Labute approximate surface area is 99.8 Å². The highest BCUT2D eigenvalue weighted by atomic mass is 32.2. The van der Waals surface area contributed by atoms with Crippen molar-refractivity contribution in [1.29, 1.82) is 0 Å². The first kappa shape index (κ1) is 11.7. The van der Waals surface area contributed by atoms with Gasteiger partial charge in [0.15, 0.2) is 0 Å². The zero-order valence-corrected chi connectivity index (χ0v) is 9.95. The summed E-state index contributed by atoms with van der Waals surface area (Å²) < 4.78 is 5.65. The third-order valence-corrected chi connectivity index (χ3v) is 3.66. The highest BCUT2D eigenvalue weighted by Crippen LogP contribution is 2.17. The molecule has 1 aliphatic heterocycles. The molecule has 1 fully saturated rings. The molecular formula is C11H17N3OS. The van der Waals surface area contributed by atoms with Gasteiger partial charge in [-0.2, -0.15) is 11.8 Å². The number of thioether (sulfide) groups is 1. The molecule has 0 bridgehead atoms. The van der Waals surface area contributed by atoms with E-state index in [0.717, 1.165) is 30.1 Å². The minimum Gasteiger partial charge on any atom is -0.384 e. The Bertz CT molecular complexity index is 342. The zero-order valence-electron chi connectivity index (χ0n) is 9.13. The van der Waals surface area contributed by atoms with Crippen molar-refractivity contribution in [2.24, 2.45) is 5.73 Å². The molecule has 1 aromatic rings. The molecule has 1 saturated heterocycles. The van der Waals surface area contributed by atoms with E-state index in [2.05, 4.69) is 4.98 Å². The van der Waals surface area contributed by atoms with Gasteiger partial charge in [0.25, 0.3) is 0 Å². The van der Waals surface area contributed by atoms with E-state index in [-0.39, 0.29) is 12.1 Å². The molecule has 0 aromatic carbocycles. The summed E-state index contributed by atoms with van der Waals surface area (Å²) in [5.74, 6) is 2.61. The second-order valence-electron chi connectivity index (χ2n) is 3.94. The molecule has 2 unspecified atom stereocenters. The van der Waals surface area contributed by atoms with Crippen LogP contribution >= 0.6 is 11.8 Å². The van der Waals surface area contributed by atoms with Gasteiger partial charge in [0.2, 0.25) is 0 Å². The molecule has 2 atom stereocenters. The maximum Gasteiger partial charge on any atom is 0.123 e. The van der Waals surface area contributed by atoms with Crippen LogP contribution in [-0.2, 0) is 11.2 Å².